The Morgan fingerprint density at radius 3 is 2.87 bits per heavy atom. The number of halogens is 1. The normalized spacial score (nSPS) is 10.3. The Bertz CT molecular complexity index is 505. The van der Waals surface area contributed by atoms with Gasteiger partial charge in [-0.05, 0) is 18.2 Å². The molecule has 76 valence electrons. The van der Waals surface area contributed by atoms with Gasteiger partial charge in [0.15, 0.2) is 6.29 Å². The van der Waals surface area contributed by atoms with Crippen molar-refractivity contribution >= 4 is 17.9 Å². The van der Waals surface area contributed by atoms with Gasteiger partial charge in [-0.1, -0.05) is 11.6 Å². The van der Waals surface area contributed by atoms with Crippen molar-refractivity contribution in [2.75, 3.05) is 0 Å². The molecule has 2 aromatic rings. The molecule has 1 aromatic carbocycles. The molecule has 0 bridgehead atoms. The van der Waals surface area contributed by atoms with Gasteiger partial charge in [0.2, 0.25) is 0 Å². The summed E-state index contributed by atoms with van der Waals surface area (Å²) in [6.07, 6.45) is 4.32. The SMILES string of the molecule is Cn1ccnc1-c1cc(Cl)ccc1C=O. The van der Waals surface area contributed by atoms with E-state index >= 15 is 0 Å². The van der Waals surface area contributed by atoms with E-state index in [-0.39, 0.29) is 0 Å². The van der Waals surface area contributed by atoms with Gasteiger partial charge in [-0.2, -0.15) is 0 Å². The molecular formula is C11H9ClN2O. The number of aryl methyl sites for hydroxylation is 1. The maximum Gasteiger partial charge on any atom is 0.150 e. The Balaban J connectivity index is 2.65. The van der Waals surface area contributed by atoms with Crippen LogP contribution in [-0.2, 0) is 7.05 Å². The highest BCUT2D eigenvalue weighted by atomic mass is 35.5. The molecule has 0 saturated carbocycles. The lowest BCUT2D eigenvalue weighted by atomic mass is 10.1. The molecule has 1 heterocycles. The number of carbonyl (C=O) groups is 1. The fourth-order valence-electron chi connectivity index (χ4n) is 1.45. The van der Waals surface area contributed by atoms with Crippen LogP contribution in [0.25, 0.3) is 11.4 Å². The minimum Gasteiger partial charge on any atom is -0.334 e. The van der Waals surface area contributed by atoms with Crippen LogP contribution < -0.4 is 0 Å². The summed E-state index contributed by atoms with van der Waals surface area (Å²) < 4.78 is 1.85. The van der Waals surface area contributed by atoms with Gasteiger partial charge in [-0.25, -0.2) is 4.98 Å². The third-order valence-corrected chi connectivity index (χ3v) is 2.44. The average molecular weight is 221 g/mol. The molecule has 0 amide bonds. The van der Waals surface area contributed by atoms with Crippen molar-refractivity contribution < 1.29 is 4.79 Å². The Kier molecular flexibility index (Phi) is 2.56. The van der Waals surface area contributed by atoms with E-state index in [1.165, 1.54) is 0 Å². The molecule has 4 heteroatoms. The fourth-order valence-corrected chi connectivity index (χ4v) is 1.62. The maximum atomic E-state index is 10.9. The van der Waals surface area contributed by atoms with Gasteiger partial charge in [0.05, 0.1) is 0 Å². The van der Waals surface area contributed by atoms with Gasteiger partial charge in [-0.15, -0.1) is 0 Å². The van der Waals surface area contributed by atoms with Crippen LogP contribution in [0.3, 0.4) is 0 Å². The summed E-state index contributed by atoms with van der Waals surface area (Å²) in [5.41, 5.74) is 1.35. The molecule has 0 unspecified atom stereocenters. The van der Waals surface area contributed by atoms with Crippen LogP contribution in [0.2, 0.25) is 5.02 Å². The Morgan fingerprint density at radius 1 is 1.47 bits per heavy atom. The molecule has 0 atom stereocenters. The van der Waals surface area contributed by atoms with Crippen LogP contribution in [0, 0.1) is 0 Å². The Labute approximate surface area is 92.3 Å². The first-order valence-electron chi connectivity index (χ1n) is 4.45. The van der Waals surface area contributed by atoms with Crippen LogP contribution in [0.15, 0.2) is 30.6 Å². The zero-order valence-electron chi connectivity index (χ0n) is 8.14. The highest BCUT2D eigenvalue weighted by Crippen LogP contribution is 2.24. The van der Waals surface area contributed by atoms with E-state index in [9.17, 15) is 4.79 Å². The Hall–Kier alpha value is -1.61. The minimum atomic E-state index is 0.591. The third-order valence-electron chi connectivity index (χ3n) is 2.20. The van der Waals surface area contributed by atoms with Crippen molar-refractivity contribution in [3.8, 4) is 11.4 Å². The van der Waals surface area contributed by atoms with Crippen molar-refractivity contribution in [2.24, 2.45) is 7.05 Å². The number of imidazole rings is 1. The molecule has 0 fully saturated rings. The molecule has 0 spiro atoms. The van der Waals surface area contributed by atoms with Crippen LogP contribution in [0.1, 0.15) is 10.4 Å². The molecular weight excluding hydrogens is 212 g/mol. The molecule has 0 N–H and O–H groups in total. The monoisotopic (exact) mass is 220 g/mol. The summed E-state index contributed by atoms with van der Waals surface area (Å²) in [5, 5.41) is 0.596. The van der Waals surface area contributed by atoms with Crippen LogP contribution >= 0.6 is 11.6 Å². The second-order valence-electron chi connectivity index (χ2n) is 3.21. The van der Waals surface area contributed by atoms with Crippen LogP contribution in [0.4, 0.5) is 0 Å². The lowest BCUT2D eigenvalue weighted by molar-refractivity contribution is 0.112. The predicted molar refractivity (Wildman–Crippen MR) is 59.0 cm³/mol. The quantitative estimate of drug-likeness (QED) is 0.729. The highest BCUT2D eigenvalue weighted by molar-refractivity contribution is 6.31. The molecule has 3 nitrogen and oxygen atoms in total. The third kappa shape index (κ3) is 1.78. The Morgan fingerprint density at radius 2 is 2.27 bits per heavy atom. The summed E-state index contributed by atoms with van der Waals surface area (Å²) in [4.78, 5) is 15.0. The van der Waals surface area contributed by atoms with Crippen LogP contribution in [-0.4, -0.2) is 15.8 Å². The van der Waals surface area contributed by atoms with Crippen molar-refractivity contribution in [1.29, 1.82) is 0 Å². The number of aldehydes is 1. The standard InChI is InChI=1S/C11H9ClN2O/c1-14-5-4-13-11(14)10-6-9(12)3-2-8(10)7-15/h2-7H,1H3. The van der Waals surface area contributed by atoms with E-state index in [2.05, 4.69) is 4.98 Å². The summed E-state index contributed by atoms with van der Waals surface area (Å²) >= 11 is 5.89. The van der Waals surface area contributed by atoms with Gasteiger partial charge in [0.25, 0.3) is 0 Å². The van der Waals surface area contributed by atoms with Crippen molar-refractivity contribution in [2.45, 2.75) is 0 Å². The van der Waals surface area contributed by atoms with Crippen LogP contribution in [0.5, 0.6) is 0 Å². The molecule has 0 aliphatic carbocycles. The van der Waals surface area contributed by atoms with Gasteiger partial charge in [0, 0.05) is 35.6 Å². The molecule has 0 aliphatic heterocycles. The number of hydrogen-bond donors (Lipinski definition) is 0. The summed E-state index contributed by atoms with van der Waals surface area (Å²) in [6, 6.07) is 5.13. The lowest BCUT2D eigenvalue weighted by Crippen LogP contribution is -1.95. The van der Waals surface area contributed by atoms with Crippen molar-refractivity contribution in [1.82, 2.24) is 9.55 Å². The number of benzene rings is 1. The first-order chi connectivity index (χ1) is 7.22. The minimum absolute atomic E-state index is 0.591. The largest absolute Gasteiger partial charge is 0.334 e. The van der Waals surface area contributed by atoms with E-state index in [1.807, 2.05) is 17.8 Å². The van der Waals surface area contributed by atoms with Gasteiger partial charge < -0.3 is 4.57 Å². The van der Waals surface area contributed by atoms with E-state index in [0.717, 1.165) is 17.7 Å². The second kappa shape index (κ2) is 3.87. The first-order valence-corrected chi connectivity index (χ1v) is 4.82. The number of nitrogens with zero attached hydrogens (tertiary/aromatic N) is 2. The molecule has 0 saturated heterocycles. The number of hydrogen-bond acceptors (Lipinski definition) is 2. The summed E-state index contributed by atoms with van der Waals surface area (Å²) in [5.74, 6) is 0.736. The summed E-state index contributed by atoms with van der Waals surface area (Å²) in [6.45, 7) is 0. The topological polar surface area (TPSA) is 34.9 Å². The molecule has 0 aliphatic rings. The number of aromatic nitrogens is 2. The van der Waals surface area contributed by atoms with Crippen molar-refractivity contribution in [3.63, 3.8) is 0 Å². The highest BCUT2D eigenvalue weighted by Gasteiger charge is 2.09. The fraction of sp³-hybridized carbons (Fsp3) is 0.0909. The maximum absolute atomic E-state index is 10.9. The van der Waals surface area contributed by atoms with Gasteiger partial charge in [-0.3, -0.25) is 4.79 Å². The smallest absolute Gasteiger partial charge is 0.150 e. The van der Waals surface area contributed by atoms with Gasteiger partial charge >= 0.3 is 0 Å². The first kappa shape index (κ1) is 9.93. The van der Waals surface area contributed by atoms with E-state index in [4.69, 9.17) is 11.6 Å². The predicted octanol–water partition coefficient (Wildman–Crippen LogP) is 2.55. The zero-order valence-corrected chi connectivity index (χ0v) is 8.90. The number of rotatable bonds is 2. The molecule has 1 aromatic heterocycles. The summed E-state index contributed by atoms with van der Waals surface area (Å²) in [7, 11) is 1.87. The van der Waals surface area contributed by atoms with Gasteiger partial charge in [0.1, 0.15) is 5.82 Å². The van der Waals surface area contributed by atoms with E-state index in [1.54, 1.807) is 24.4 Å². The van der Waals surface area contributed by atoms with Crippen molar-refractivity contribution in [3.05, 3.63) is 41.2 Å². The van der Waals surface area contributed by atoms with E-state index < -0.39 is 0 Å². The van der Waals surface area contributed by atoms with E-state index in [0.29, 0.717) is 10.6 Å². The lowest BCUT2D eigenvalue weighted by Gasteiger charge is -2.05. The second-order valence-corrected chi connectivity index (χ2v) is 3.65. The molecule has 0 radical (unpaired) electrons. The molecule has 2 rings (SSSR count). The molecule has 15 heavy (non-hydrogen) atoms. The number of carbonyl (C=O) groups excluding carboxylic acids is 1. The average Bonchev–Trinajstić information content (AvgIpc) is 2.64. The zero-order chi connectivity index (χ0) is 10.8.